The van der Waals surface area contributed by atoms with E-state index in [-0.39, 0.29) is 6.03 Å². The van der Waals surface area contributed by atoms with Crippen molar-refractivity contribution in [2.45, 2.75) is 19.5 Å². The standard InChI is InChI=1S/C21H20N4O3/c1-13-7-3-4-8-14(13)19-18(20(26)28-2)16(23-21(27)24-19)11-25-12-22-15-9-5-6-10-17(15)25/h3-10,12,19H,11H2,1-2H3,(H2,23,24,27). The van der Waals surface area contributed by atoms with Crippen LogP contribution in [0.4, 0.5) is 4.79 Å². The number of urea groups is 1. The van der Waals surface area contributed by atoms with Crippen molar-refractivity contribution in [1.29, 1.82) is 0 Å². The number of amides is 2. The second kappa shape index (κ2) is 7.19. The predicted octanol–water partition coefficient (Wildman–Crippen LogP) is 2.83. The van der Waals surface area contributed by atoms with Crippen molar-refractivity contribution >= 4 is 23.0 Å². The van der Waals surface area contributed by atoms with E-state index >= 15 is 0 Å². The number of ether oxygens (including phenoxy) is 1. The summed E-state index contributed by atoms with van der Waals surface area (Å²) in [5.41, 5.74) is 4.47. The summed E-state index contributed by atoms with van der Waals surface area (Å²) in [4.78, 5) is 29.4. The summed E-state index contributed by atoms with van der Waals surface area (Å²) in [6.45, 7) is 2.24. The zero-order valence-electron chi connectivity index (χ0n) is 15.6. The fourth-order valence-corrected chi connectivity index (χ4v) is 3.54. The summed E-state index contributed by atoms with van der Waals surface area (Å²) in [5, 5.41) is 5.64. The lowest BCUT2D eigenvalue weighted by molar-refractivity contribution is -0.136. The number of rotatable bonds is 4. The number of imidazole rings is 1. The van der Waals surface area contributed by atoms with Crippen LogP contribution in [0.1, 0.15) is 17.2 Å². The smallest absolute Gasteiger partial charge is 0.338 e. The number of aryl methyl sites for hydroxylation is 1. The number of carbonyl (C=O) groups is 2. The van der Waals surface area contributed by atoms with Crippen LogP contribution in [0.25, 0.3) is 11.0 Å². The zero-order valence-corrected chi connectivity index (χ0v) is 15.6. The van der Waals surface area contributed by atoms with Gasteiger partial charge in [0.25, 0.3) is 0 Å². The minimum absolute atomic E-state index is 0.292. The van der Waals surface area contributed by atoms with E-state index in [2.05, 4.69) is 15.6 Å². The number of para-hydroxylation sites is 2. The summed E-state index contributed by atoms with van der Waals surface area (Å²) >= 11 is 0. The first-order valence-electron chi connectivity index (χ1n) is 8.92. The van der Waals surface area contributed by atoms with E-state index in [1.807, 2.05) is 60.0 Å². The summed E-state index contributed by atoms with van der Waals surface area (Å²) in [6, 6.07) is 14.4. The molecule has 28 heavy (non-hydrogen) atoms. The van der Waals surface area contributed by atoms with Crippen LogP contribution in [0.15, 0.2) is 66.1 Å². The van der Waals surface area contributed by atoms with Gasteiger partial charge >= 0.3 is 12.0 Å². The van der Waals surface area contributed by atoms with Crippen LogP contribution in [0.5, 0.6) is 0 Å². The molecule has 1 aliphatic heterocycles. The molecule has 0 bridgehead atoms. The lowest BCUT2D eigenvalue weighted by atomic mass is 9.92. The summed E-state index contributed by atoms with van der Waals surface area (Å²) in [6.07, 6.45) is 1.70. The molecule has 2 heterocycles. The van der Waals surface area contributed by atoms with Gasteiger partial charge in [-0.15, -0.1) is 0 Å². The first kappa shape index (κ1) is 17.8. The van der Waals surface area contributed by atoms with Crippen molar-refractivity contribution in [3.8, 4) is 0 Å². The van der Waals surface area contributed by atoms with Crippen LogP contribution < -0.4 is 10.6 Å². The number of benzene rings is 2. The number of aromatic nitrogens is 2. The van der Waals surface area contributed by atoms with Crippen molar-refractivity contribution in [2.75, 3.05) is 7.11 Å². The average molecular weight is 376 g/mol. The van der Waals surface area contributed by atoms with Crippen LogP contribution >= 0.6 is 0 Å². The first-order valence-corrected chi connectivity index (χ1v) is 8.92. The van der Waals surface area contributed by atoms with E-state index < -0.39 is 12.0 Å². The number of methoxy groups -OCH3 is 1. The van der Waals surface area contributed by atoms with Crippen molar-refractivity contribution < 1.29 is 14.3 Å². The van der Waals surface area contributed by atoms with Crippen molar-refractivity contribution in [3.63, 3.8) is 0 Å². The van der Waals surface area contributed by atoms with Gasteiger partial charge in [0.15, 0.2) is 0 Å². The van der Waals surface area contributed by atoms with Gasteiger partial charge in [0.2, 0.25) is 0 Å². The Labute approximate surface area is 162 Å². The molecule has 4 rings (SSSR count). The van der Waals surface area contributed by atoms with Gasteiger partial charge in [0, 0.05) is 0 Å². The maximum Gasteiger partial charge on any atom is 0.338 e. The summed E-state index contributed by atoms with van der Waals surface area (Å²) in [7, 11) is 1.34. The van der Waals surface area contributed by atoms with Crippen LogP contribution in [0.2, 0.25) is 0 Å². The molecule has 142 valence electrons. The molecule has 1 unspecified atom stereocenters. The Morgan fingerprint density at radius 3 is 2.71 bits per heavy atom. The van der Waals surface area contributed by atoms with Gasteiger partial charge in [-0.2, -0.15) is 0 Å². The van der Waals surface area contributed by atoms with E-state index in [4.69, 9.17) is 4.74 Å². The monoisotopic (exact) mass is 376 g/mol. The Bertz CT molecular complexity index is 1100. The minimum Gasteiger partial charge on any atom is -0.466 e. The highest BCUT2D eigenvalue weighted by Gasteiger charge is 2.34. The normalized spacial score (nSPS) is 16.6. The van der Waals surface area contributed by atoms with E-state index in [9.17, 15) is 9.59 Å². The number of fused-ring (bicyclic) bond motifs is 1. The van der Waals surface area contributed by atoms with Crippen LogP contribution in [-0.4, -0.2) is 28.7 Å². The quantitative estimate of drug-likeness (QED) is 0.686. The SMILES string of the molecule is COC(=O)C1=C(Cn2cnc3ccccc32)NC(=O)NC1c1ccccc1C. The molecule has 0 saturated heterocycles. The Morgan fingerprint density at radius 1 is 1.18 bits per heavy atom. The van der Waals surface area contributed by atoms with Crippen LogP contribution in [0, 0.1) is 6.92 Å². The molecule has 1 aromatic heterocycles. The molecule has 0 radical (unpaired) electrons. The minimum atomic E-state index is -0.591. The fraction of sp³-hybridized carbons (Fsp3) is 0.190. The molecular weight excluding hydrogens is 356 g/mol. The van der Waals surface area contributed by atoms with E-state index in [1.54, 1.807) is 6.33 Å². The maximum atomic E-state index is 12.7. The number of esters is 1. The van der Waals surface area contributed by atoms with Gasteiger partial charge in [-0.3, -0.25) is 0 Å². The van der Waals surface area contributed by atoms with E-state index in [0.717, 1.165) is 22.2 Å². The Balaban J connectivity index is 1.84. The molecule has 7 nitrogen and oxygen atoms in total. The average Bonchev–Trinajstić information content (AvgIpc) is 3.10. The zero-order chi connectivity index (χ0) is 19.7. The highest BCUT2D eigenvalue weighted by Crippen LogP contribution is 2.30. The van der Waals surface area contributed by atoms with Crippen molar-refractivity contribution in [3.05, 3.63) is 77.3 Å². The van der Waals surface area contributed by atoms with Gasteiger partial charge < -0.3 is 19.9 Å². The van der Waals surface area contributed by atoms with Crippen molar-refractivity contribution in [1.82, 2.24) is 20.2 Å². The molecule has 0 aliphatic carbocycles. The highest BCUT2D eigenvalue weighted by molar-refractivity contribution is 5.95. The topological polar surface area (TPSA) is 85.2 Å². The van der Waals surface area contributed by atoms with E-state index in [0.29, 0.717) is 17.8 Å². The van der Waals surface area contributed by atoms with Gasteiger partial charge in [-0.25, -0.2) is 14.6 Å². The van der Waals surface area contributed by atoms with Gasteiger partial charge in [0.05, 0.1) is 48.3 Å². The molecule has 7 heteroatoms. The Hall–Kier alpha value is -3.61. The highest BCUT2D eigenvalue weighted by atomic mass is 16.5. The number of hydrogen-bond acceptors (Lipinski definition) is 4. The van der Waals surface area contributed by atoms with Crippen molar-refractivity contribution in [2.24, 2.45) is 0 Å². The third-order valence-electron chi connectivity index (χ3n) is 4.91. The number of nitrogens with zero attached hydrogens (tertiary/aromatic N) is 2. The first-order chi connectivity index (χ1) is 13.6. The van der Waals surface area contributed by atoms with Gasteiger partial charge in [-0.05, 0) is 30.2 Å². The molecule has 1 atom stereocenters. The second-order valence-electron chi connectivity index (χ2n) is 6.63. The number of nitrogens with one attached hydrogen (secondary N) is 2. The molecule has 2 amide bonds. The van der Waals surface area contributed by atoms with Gasteiger partial charge in [0.1, 0.15) is 0 Å². The number of allylic oxidation sites excluding steroid dienone is 1. The van der Waals surface area contributed by atoms with E-state index in [1.165, 1.54) is 7.11 Å². The number of hydrogen-bond donors (Lipinski definition) is 2. The predicted molar refractivity (Wildman–Crippen MR) is 104 cm³/mol. The van der Waals surface area contributed by atoms with Crippen LogP contribution in [0.3, 0.4) is 0 Å². The molecule has 0 spiro atoms. The molecule has 2 aromatic carbocycles. The molecular formula is C21H20N4O3. The molecule has 1 aliphatic rings. The Morgan fingerprint density at radius 2 is 1.93 bits per heavy atom. The lowest BCUT2D eigenvalue weighted by Crippen LogP contribution is -2.47. The summed E-state index contributed by atoms with van der Waals surface area (Å²) in [5.74, 6) is -0.486. The third kappa shape index (κ3) is 3.11. The molecule has 0 fully saturated rings. The van der Waals surface area contributed by atoms with Gasteiger partial charge in [-0.1, -0.05) is 36.4 Å². The molecule has 0 saturated carbocycles. The molecule has 3 aromatic rings. The second-order valence-corrected chi connectivity index (χ2v) is 6.63. The number of carbonyl (C=O) groups excluding carboxylic acids is 2. The maximum absolute atomic E-state index is 12.7. The van der Waals surface area contributed by atoms with Crippen LogP contribution in [-0.2, 0) is 16.1 Å². The summed E-state index contributed by atoms with van der Waals surface area (Å²) < 4.78 is 6.94. The molecule has 2 N–H and O–H groups in total. The largest absolute Gasteiger partial charge is 0.466 e. The lowest BCUT2D eigenvalue weighted by Gasteiger charge is -2.30. The Kier molecular flexibility index (Phi) is 4.57. The fourth-order valence-electron chi connectivity index (χ4n) is 3.54. The third-order valence-corrected chi connectivity index (χ3v) is 4.91.